The molecule has 0 radical (unpaired) electrons. The molecule has 25 heavy (non-hydrogen) atoms. The fourth-order valence-corrected chi connectivity index (χ4v) is 3.10. The topological polar surface area (TPSA) is 85.8 Å². The Labute approximate surface area is 153 Å². The van der Waals surface area contributed by atoms with Crippen LogP contribution in [-0.2, 0) is 4.79 Å². The summed E-state index contributed by atoms with van der Waals surface area (Å²) in [5, 5.41) is 15.4. The number of aryl methyl sites for hydroxylation is 2. The maximum atomic E-state index is 12.3. The van der Waals surface area contributed by atoms with Crippen LogP contribution >= 0.6 is 23.4 Å². The van der Waals surface area contributed by atoms with Gasteiger partial charge in [0, 0.05) is 11.1 Å². The lowest BCUT2D eigenvalue weighted by Crippen LogP contribution is -2.23. The van der Waals surface area contributed by atoms with Crippen LogP contribution in [0.4, 0.5) is 5.82 Å². The van der Waals surface area contributed by atoms with Gasteiger partial charge in [-0.3, -0.25) is 9.36 Å². The van der Waals surface area contributed by atoms with E-state index in [1.807, 2.05) is 25.1 Å². The normalized spacial score (nSPS) is 12.2. The predicted molar refractivity (Wildman–Crippen MR) is 96.3 cm³/mol. The largest absolute Gasteiger partial charge is 0.360 e. The Hall–Kier alpha value is -2.32. The van der Waals surface area contributed by atoms with Crippen LogP contribution in [0.1, 0.15) is 18.2 Å². The molecule has 9 heteroatoms. The average Bonchev–Trinajstić information content (AvgIpc) is 3.19. The van der Waals surface area contributed by atoms with Crippen LogP contribution in [0.5, 0.6) is 0 Å². The van der Waals surface area contributed by atoms with E-state index >= 15 is 0 Å². The number of benzene rings is 1. The zero-order chi connectivity index (χ0) is 18.0. The number of anilines is 1. The molecular formula is C16H16ClN5O2S. The Morgan fingerprint density at radius 1 is 1.36 bits per heavy atom. The number of thioether (sulfide) groups is 1. The number of hydrogen-bond acceptors (Lipinski definition) is 6. The molecule has 2 heterocycles. The molecule has 0 saturated heterocycles. The molecule has 0 fully saturated rings. The fraction of sp³-hybridized carbons (Fsp3) is 0.250. The van der Waals surface area contributed by atoms with Gasteiger partial charge in [0.15, 0.2) is 11.0 Å². The SMILES string of the molecule is Cc1cc(NC(=O)C(C)Sc2nncn2-c2ccc(C)c(Cl)c2)no1. The second kappa shape index (κ2) is 7.28. The molecule has 1 atom stereocenters. The Bertz CT molecular complexity index is 908. The Morgan fingerprint density at radius 2 is 2.16 bits per heavy atom. The number of amides is 1. The van der Waals surface area contributed by atoms with E-state index in [4.69, 9.17) is 16.1 Å². The van der Waals surface area contributed by atoms with Crippen molar-refractivity contribution in [2.24, 2.45) is 0 Å². The highest BCUT2D eigenvalue weighted by molar-refractivity contribution is 8.00. The van der Waals surface area contributed by atoms with E-state index in [9.17, 15) is 4.79 Å². The molecular weight excluding hydrogens is 362 g/mol. The molecule has 0 bridgehead atoms. The average molecular weight is 378 g/mol. The van der Waals surface area contributed by atoms with E-state index in [1.165, 1.54) is 11.8 Å². The second-order valence-electron chi connectivity index (χ2n) is 5.49. The highest BCUT2D eigenvalue weighted by atomic mass is 35.5. The van der Waals surface area contributed by atoms with E-state index in [1.54, 1.807) is 30.8 Å². The lowest BCUT2D eigenvalue weighted by molar-refractivity contribution is -0.115. The second-order valence-corrected chi connectivity index (χ2v) is 7.20. The third-order valence-corrected chi connectivity index (χ3v) is 4.94. The van der Waals surface area contributed by atoms with Crippen LogP contribution in [0.15, 0.2) is 40.3 Å². The number of carbonyl (C=O) groups is 1. The smallest absolute Gasteiger partial charge is 0.238 e. The number of nitrogens with one attached hydrogen (secondary N) is 1. The highest BCUT2D eigenvalue weighted by Gasteiger charge is 2.19. The van der Waals surface area contributed by atoms with Crippen molar-refractivity contribution in [2.75, 3.05) is 5.32 Å². The van der Waals surface area contributed by atoms with Crippen molar-refractivity contribution in [3.05, 3.63) is 46.9 Å². The Balaban J connectivity index is 1.73. The van der Waals surface area contributed by atoms with Crippen LogP contribution in [0.25, 0.3) is 5.69 Å². The van der Waals surface area contributed by atoms with Crippen molar-refractivity contribution in [1.82, 2.24) is 19.9 Å². The van der Waals surface area contributed by atoms with Gasteiger partial charge in [-0.1, -0.05) is 34.6 Å². The van der Waals surface area contributed by atoms with E-state index in [0.717, 1.165) is 11.3 Å². The summed E-state index contributed by atoms with van der Waals surface area (Å²) in [6, 6.07) is 7.35. The van der Waals surface area contributed by atoms with E-state index in [2.05, 4.69) is 20.7 Å². The van der Waals surface area contributed by atoms with E-state index < -0.39 is 5.25 Å². The first-order chi connectivity index (χ1) is 11.9. The van der Waals surface area contributed by atoms with E-state index in [-0.39, 0.29) is 5.91 Å². The van der Waals surface area contributed by atoms with Gasteiger partial charge in [-0.05, 0) is 38.5 Å². The van der Waals surface area contributed by atoms with Gasteiger partial charge in [-0.25, -0.2) is 0 Å². The zero-order valence-electron chi connectivity index (χ0n) is 13.9. The highest BCUT2D eigenvalue weighted by Crippen LogP contribution is 2.26. The minimum absolute atomic E-state index is 0.199. The first-order valence-electron chi connectivity index (χ1n) is 7.51. The van der Waals surface area contributed by atoms with Crippen LogP contribution in [0.2, 0.25) is 5.02 Å². The molecule has 7 nitrogen and oxygen atoms in total. The molecule has 130 valence electrons. The molecule has 0 aliphatic heterocycles. The third-order valence-electron chi connectivity index (χ3n) is 3.48. The van der Waals surface area contributed by atoms with Crippen molar-refractivity contribution in [1.29, 1.82) is 0 Å². The molecule has 0 saturated carbocycles. The minimum Gasteiger partial charge on any atom is -0.360 e. The number of nitrogens with zero attached hydrogens (tertiary/aromatic N) is 4. The van der Waals surface area contributed by atoms with Gasteiger partial charge in [0.25, 0.3) is 0 Å². The minimum atomic E-state index is -0.402. The van der Waals surface area contributed by atoms with Crippen molar-refractivity contribution >= 4 is 35.1 Å². The summed E-state index contributed by atoms with van der Waals surface area (Å²) in [6.07, 6.45) is 1.59. The van der Waals surface area contributed by atoms with Gasteiger partial charge in [0.2, 0.25) is 5.91 Å². The summed E-state index contributed by atoms with van der Waals surface area (Å²) in [5.41, 5.74) is 1.83. The Morgan fingerprint density at radius 3 is 2.84 bits per heavy atom. The first-order valence-corrected chi connectivity index (χ1v) is 8.77. The molecule has 1 unspecified atom stereocenters. The third kappa shape index (κ3) is 4.02. The molecule has 2 aromatic heterocycles. The molecule has 1 N–H and O–H groups in total. The maximum absolute atomic E-state index is 12.3. The van der Waals surface area contributed by atoms with Crippen LogP contribution in [0.3, 0.4) is 0 Å². The number of halogens is 1. The van der Waals surface area contributed by atoms with Crippen molar-refractivity contribution in [2.45, 2.75) is 31.2 Å². The van der Waals surface area contributed by atoms with Crippen molar-refractivity contribution in [3.63, 3.8) is 0 Å². The van der Waals surface area contributed by atoms with Crippen LogP contribution in [-0.4, -0.2) is 31.1 Å². The summed E-state index contributed by atoms with van der Waals surface area (Å²) in [7, 11) is 0. The van der Waals surface area contributed by atoms with Crippen LogP contribution in [0, 0.1) is 13.8 Å². The summed E-state index contributed by atoms with van der Waals surface area (Å²) in [4.78, 5) is 12.3. The molecule has 0 spiro atoms. The van der Waals surface area contributed by atoms with Gasteiger partial charge >= 0.3 is 0 Å². The summed E-state index contributed by atoms with van der Waals surface area (Å²) >= 11 is 7.48. The van der Waals surface area contributed by atoms with Gasteiger partial charge < -0.3 is 9.84 Å². The summed E-state index contributed by atoms with van der Waals surface area (Å²) < 4.78 is 6.73. The molecule has 1 aromatic carbocycles. The first kappa shape index (κ1) is 17.5. The number of carbonyl (C=O) groups excluding carboxylic acids is 1. The molecule has 0 aliphatic carbocycles. The van der Waals surface area contributed by atoms with Crippen LogP contribution < -0.4 is 5.32 Å². The van der Waals surface area contributed by atoms with Gasteiger partial charge in [0.1, 0.15) is 12.1 Å². The van der Waals surface area contributed by atoms with Crippen molar-refractivity contribution in [3.8, 4) is 5.69 Å². The van der Waals surface area contributed by atoms with Gasteiger partial charge in [0.05, 0.1) is 10.9 Å². The lowest BCUT2D eigenvalue weighted by atomic mass is 10.2. The standard InChI is InChI=1S/C16H16ClN5O2S/c1-9-4-5-12(7-13(9)17)22-8-18-20-16(22)25-11(3)15(23)19-14-6-10(2)24-21-14/h4-8,11H,1-3H3,(H,19,21,23). The molecule has 0 aliphatic rings. The lowest BCUT2D eigenvalue weighted by Gasteiger charge is -2.11. The molecule has 1 amide bonds. The zero-order valence-corrected chi connectivity index (χ0v) is 15.4. The number of aromatic nitrogens is 4. The van der Waals surface area contributed by atoms with Gasteiger partial charge in [-0.15, -0.1) is 10.2 Å². The summed E-state index contributed by atoms with van der Waals surface area (Å²) in [6.45, 7) is 5.48. The quantitative estimate of drug-likeness (QED) is 0.683. The monoisotopic (exact) mass is 377 g/mol. The summed E-state index contributed by atoms with van der Waals surface area (Å²) in [5.74, 6) is 0.822. The maximum Gasteiger partial charge on any atom is 0.238 e. The number of hydrogen-bond donors (Lipinski definition) is 1. The molecule has 3 aromatic rings. The fourth-order valence-electron chi connectivity index (χ4n) is 2.08. The molecule has 3 rings (SSSR count). The Kier molecular flexibility index (Phi) is 5.10. The van der Waals surface area contributed by atoms with Crippen molar-refractivity contribution < 1.29 is 9.32 Å². The predicted octanol–water partition coefficient (Wildman–Crippen LogP) is 3.64. The number of rotatable bonds is 5. The van der Waals surface area contributed by atoms with E-state index in [0.29, 0.717) is 21.8 Å². The van der Waals surface area contributed by atoms with Gasteiger partial charge in [-0.2, -0.15) is 0 Å².